The van der Waals surface area contributed by atoms with E-state index in [9.17, 15) is 0 Å². The summed E-state index contributed by atoms with van der Waals surface area (Å²) in [6.45, 7) is 3.74. The summed E-state index contributed by atoms with van der Waals surface area (Å²) in [6, 6.07) is 11.7. The molecule has 0 bridgehead atoms. The molecule has 25 heavy (non-hydrogen) atoms. The summed E-state index contributed by atoms with van der Waals surface area (Å²) in [5, 5.41) is 18.5. The number of aryl methyl sites for hydroxylation is 1. The maximum atomic E-state index is 8.96. The third-order valence-corrected chi connectivity index (χ3v) is 4.82. The van der Waals surface area contributed by atoms with Crippen molar-refractivity contribution in [2.75, 3.05) is 0 Å². The number of aromatic nitrogens is 4. The van der Waals surface area contributed by atoms with Gasteiger partial charge in [0, 0.05) is 22.0 Å². The lowest BCUT2D eigenvalue weighted by Crippen LogP contribution is -1.99. The van der Waals surface area contributed by atoms with Gasteiger partial charge < -0.3 is 5.21 Å². The van der Waals surface area contributed by atoms with Gasteiger partial charge in [-0.25, -0.2) is 14.6 Å². The van der Waals surface area contributed by atoms with Gasteiger partial charge in [0.1, 0.15) is 5.71 Å². The molecule has 0 saturated carbocycles. The highest BCUT2D eigenvalue weighted by Gasteiger charge is 2.11. The van der Waals surface area contributed by atoms with Crippen molar-refractivity contribution >= 4 is 28.0 Å². The fourth-order valence-corrected chi connectivity index (χ4v) is 3.35. The van der Waals surface area contributed by atoms with Crippen LogP contribution in [0.15, 0.2) is 53.9 Å². The van der Waals surface area contributed by atoms with Crippen molar-refractivity contribution in [1.29, 1.82) is 0 Å². The minimum absolute atomic E-state index is 0.478. The van der Waals surface area contributed by atoms with Gasteiger partial charge in [-0.1, -0.05) is 23.4 Å². The lowest BCUT2D eigenvalue weighted by Gasteiger charge is -2.05. The summed E-state index contributed by atoms with van der Waals surface area (Å²) in [7, 11) is 0. The van der Waals surface area contributed by atoms with Crippen LogP contribution < -0.4 is 0 Å². The Morgan fingerprint density at radius 2 is 2.08 bits per heavy atom. The van der Waals surface area contributed by atoms with E-state index in [1.54, 1.807) is 18.3 Å². The molecule has 4 rings (SSSR count). The topological polar surface area (TPSA) is 76.2 Å². The molecule has 4 aromatic rings. The molecule has 3 aromatic heterocycles. The molecule has 0 saturated heterocycles. The Balaban J connectivity index is 1.84. The van der Waals surface area contributed by atoms with Gasteiger partial charge in [-0.3, -0.25) is 0 Å². The molecule has 1 N–H and O–H groups in total. The first-order valence-electron chi connectivity index (χ1n) is 7.73. The molecule has 6 nitrogen and oxygen atoms in total. The largest absolute Gasteiger partial charge is 0.411 e. The number of nitrogens with zero attached hydrogens (tertiary/aromatic N) is 5. The predicted octanol–water partition coefficient (Wildman–Crippen LogP) is 4.05. The quantitative estimate of drug-likeness (QED) is 0.344. The fourth-order valence-electron chi connectivity index (χ4n) is 2.62. The Bertz CT molecular complexity index is 1100. The van der Waals surface area contributed by atoms with E-state index in [0.29, 0.717) is 11.4 Å². The second kappa shape index (κ2) is 6.10. The predicted molar refractivity (Wildman–Crippen MR) is 98.7 cm³/mol. The lowest BCUT2D eigenvalue weighted by atomic mass is 10.1. The zero-order valence-electron chi connectivity index (χ0n) is 13.7. The van der Waals surface area contributed by atoms with Gasteiger partial charge in [-0.2, -0.15) is 5.10 Å². The Labute approximate surface area is 148 Å². The van der Waals surface area contributed by atoms with Crippen LogP contribution in [0.2, 0.25) is 0 Å². The zero-order chi connectivity index (χ0) is 17.4. The summed E-state index contributed by atoms with van der Waals surface area (Å²) >= 11 is 1.60. The van der Waals surface area contributed by atoms with Crippen LogP contribution in [-0.2, 0) is 0 Å². The highest BCUT2D eigenvalue weighted by molar-refractivity contribution is 7.14. The van der Waals surface area contributed by atoms with E-state index >= 15 is 0 Å². The molecule has 0 aliphatic carbocycles. The van der Waals surface area contributed by atoms with Crippen LogP contribution in [0.1, 0.15) is 17.5 Å². The molecule has 124 valence electrons. The van der Waals surface area contributed by atoms with Crippen LogP contribution in [0.4, 0.5) is 0 Å². The van der Waals surface area contributed by atoms with E-state index in [1.165, 1.54) is 0 Å². The van der Waals surface area contributed by atoms with Crippen molar-refractivity contribution < 1.29 is 5.21 Å². The lowest BCUT2D eigenvalue weighted by molar-refractivity contribution is 0.319. The van der Waals surface area contributed by atoms with Gasteiger partial charge in [0.05, 0.1) is 23.1 Å². The number of rotatable bonds is 3. The average molecular weight is 349 g/mol. The molecule has 0 unspecified atom stereocenters. The van der Waals surface area contributed by atoms with E-state index < -0.39 is 0 Å². The van der Waals surface area contributed by atoms with Gasteiger partial charge in [-0.05, 0) is 32.0 Å². The molecule has 0 atom stereocenters. The van der Waals surface area contributed by atoms with Crippen molar-refractivity contribution in [2.45, 2.75) is 13.8 Å². The van der Waals surface area contributed by atoms with Crippen molar-refractivity contribution in [3.8, 4) is 16.4 Å². The number of hydrogen-bond donors (Lipinski definition) is 1. The van der Waals surface area contributed by atoms with Gasteiger partial charge >= 0.3 is 0 Å². The molecular formula is C18H15N5OS. The average Bonchev–Trinajstić information content (AvgIpc) is 3.26. The Morgan fingerprint density at radius 3 is 2.84 bits per heavy atom. The molecule has 0 aliphatic rings. The number of pyridine rings is 1. The first-order chi connectivity index (χ1) is 12.2. The Hall–Kier alpha value is -3.06. The summed E-state index contributed by atoms with van der Waals surface area (Å²) in [6.07, 6.45) is 3.68. The standard InChI is InChI=1S/C18H15N5OS/c1-11-9-19-18(25-11)23-17-8-13(6-7-14(17)10-20-23)16-5-3-4-15(21-16)12(2)22-24/h3-10,24H,1-2H3/b22-12+. The minimum atomic E-state index is 0.478. The van der Waals surface area contributed by atoms with Crippen molar-refractivity contribution in [2.24, 2.45) is 5.16 Å². The number of thiazole rings is 1. The van der Waals surface area contributed by atoms with Crippen LogP contribution in [0.3, 0.4) is 0 Å². The van der Waals surface area contributed by atoms with Crippen molar-refractivity contribution in [3.05, 3.63) is 59.4 Å². The van der Waals surface area contributed by atoms with Gasteiger partial charge in [0.15, 0.2) is 0 Å². The molecule has 0 radical (unpaired) electrons. The smallest absolute Gasteiger partial charge is 0.211 e. The molecule has 7 heteroatoms. The SMILES string of the molecule is C/C(=N\O)c1cccc(-c2ccc3cnn(-c4ncc(C)s4)c3c2)n1. The van der Waals surface area contributed by atoms with Crippen LogP contribution >= 0.6 is 11.3 Å². The highest BCUT2D eigenvalue weighted by Crippen LogP contribution is 2.26. The summed E-state index contributed by atoms with van der Waals surface area (Å²) in [5.41, 5.74) is 3.88. The van der Waals surface area contributed by atoms with E-state index in [2.05, 4.69) is 26.3 Å². The molecule has 0 amide bonds. The van der Waals surface area contributed by atoms with E-state index in [0.717, 1.165) is 32.2 Å². The van der Waals surface area contributed by atoms with Crippen LogP contribution in [-0.4, -0.2) is 30.7 Å². The molecule has 3 heterocycles. The summed E-state index contributed by atoms with van der Waals surface area (Å²) in [5.74, 6) is 0. The van der Waals surface area contributed by atoms with E-state index in [1.807, 2.05) is 54.3 Å². The normalized spacial score (nSPS) is 12.0. The van der Waals surface area contributed by atoms with E-state index in [-0.39, 0.29) is 0 Å². The maximum Gasteiger partial charge on any atom is 0.211 e. The number of fused-ring (bicyclic) bond motifs is 1. The number of hydrogen-bond acceptors (Lipinski definition) is 6. The van der Waals surface area contributed by atoms with Crippen molar-refractivity contribution in [3.63, 3.8) is 0 Å². The monoisotopic (exact) mass is 349 g/mol. The molecular weight excluding hydrogens is 334 g/mol. The molecule has 0 aliphatic heterocycles. The second-order valence-electron chi connectivity index (χ2n) is 5.68. The van der Waals surface area contributed by atoms with Gasteiger partial charge in [0.25, 0.3) is 0 Å². The maximum absolute atomic E-state index is 8.96. The Morgan fingerprint density at radius 1 is 1.20 bits per heavy atom. The van der Waals surface area contributed by atoms with Crippen LogP contribution in [0.5, 0.6) is 0 Å². The van der Waals surface area contributed by atoms with E-state index in [4.69, 9.17) is 5.21 Å². The van der Waals surface area contributed by atoms with Crippen molar-refractivity contribution in [1.82, 2.24) is 19.7 Å². The summed E-state index contributed by atoms with van der Waals surface area (Å²) < 4.78 is 1.85. The third-order valence-electron chi connectivity index (χ3n) is 3.93. The summed E-state index contributed by atoms with van der Waals surface area (Å²) in [4.78, 5) is 10.1. The van der Waals surface area contributed by atoms with Crippen LogP contribution in [0.25, 0.3) is 27.3 Å². The molecule has 0 spiro atoms. The highest BCUT2D eigenvalue weighted by atomic mass is 32.1. The number of benzene rings is 1. The van der Waals surface area contributed by atoms with Gasteiger partial charge in [0.2, 0.25) is 5.13 Å². The second-order valence-corrected chi connectivity index (χ2v) is 6.89. The fraction of sp³-hybridized carbons (Fsp3) is 0.111. The van der Waals surface area contributed by atoms with Crippen LogP contribution in [0, 0.1) is 6.92 Å². The first-order valence-corrected chi connectivity index (χ1v) is 8.54. The molecule has 1 aromatic carbocycles. The minimum Gasteiger partial charge on any atom is -0.411 e. The first kappa shape index (κ1) is 15.5. The third kappa shape index (κ3) is 2.78. The molecule has 0 fully saturated rings. The number of oxime groups is 1. The Kier molecular flexibility index (Phi) is 3.77. The zero-order valence-corrected chi connectivity index (χ0v) is 14.5. The van der Waals surface area contributed by atoms with Gasteiger partial charge in [-0.15, -0.1) is 11.3 Å².